The molecule has 36 heavy (non-hydrogen) atoms. The molecule has 1 unspecified atom stereocenters. The first-order chi connectivity index (χ1) is 16.7. The molecule has 0 spiro atoms. The van der Waals surface area contributed by atoms with E-state index in [4.69, 9.17) is 0 Å². The predicted molar refractivity (Wildman–Crippen MR) is 132 cm³/mol. The number of carbonyl (C=O) groups is 1. The Bertz CT molecular complexity index is 1400. The van der Waals surface area contributed by atoms with Crippen molar-refractivity contribution in [2.45, 2.75) is 43.0 Å². The predicted octanol–water partition coefficient (Wildman–Crippen LogP) is 5.50. The summed E-state index contributed by atoms with van der Waals surface area (Å²) in [5.41, 5.74) is -1.18. The van der Waals surface area contributed by atoms with Crippen molar-refractivity contribution in [1.82, 2.24) is 9.88 Å². The van der Waals surface area contributed by atoms with Gasteiger partial charge in [-0.3, -0.25) is 0 Å². The minimum atomic E-state index is -4.56. The third-order valence-corrected chi connectivity index (χ3v) is 9.60. The van der Waals surface area contributed by atoms with E-state index in [1.54, 1.807) is 12.3 Å². The molecule has 3 heterocycles. The van der Waals surface area contributed by atoms with Crippen LogP contribution in [0.5, 0.6) is 0 Å². The second-order valence-electron chi connectivity index (χ2n) is 9.87. The number of rotatable bonds is 4. The van der Waals surface area contributed by atoms with E-state index in [1.807, 2.05) is 25.7 Å². The number of anilines is 1. The van der Waals surface area contributed by atoms with E-state index in [1.165, 1.54) is 23.1 Å². The zero-order valence-electron chi connectivity index (χ0n) is 19.9. The van der Waals surface area contributed by atoms with Crippen molar-refractivity contribution < 1.29 is 31.5 Å². The summed E-state index contributed by atoms with van der Waals surface area (Å²) in [5.74, 6) is -0.000785. The molecule has 1 aliphatic rings. The molecule has 1 fully saturated rings. The van der Waals surface area contributed by atoms with Gasteiger partial charge >= 0.3 is 12.3 Å². The van der Waals surface area contributed by atoms with Crippen molar-refractivity contribution in [3.8, 4) is 0 Å². The average Bonchev–Trinajstić information content (AvgIpc) is 3.23. The molecule has 1 N–H and O–H groups in total. The Morgan fingerprint density at radius 3 is 2.53 bits per heavy atom. The smallest absolute Gasteiger partial charge is 0.416 e. The van der Waals surface area contributed by atoms with Crippen LogP contribution in [0.2, 0.25) is 0 Å². The summed E-state index contributed by atoms with van der Waals surface area (Å²) in [7, 11) is -3.92. The Morgan fingerprint density at radius 2 is 1.89 bits per heavy atom. The Morgan fingerprint density at radius 1 is 1.17 bits per heavy atom. The van der Waals surface area contributed by atoms with Gasteiger partial charge in [0.05, 0.1) is 17.4 Å². The van der Waals surface area contributed by atoms with Crippen LogP contribution in [0.15, 0.2) is 46.8 Å². The number of alkyl halides is 3. The van der Waals surface area contributed by atoms with Gasteiger partial charge in [-0.15, -0.1) is 11.3 Å². The van der Waals surface area contributed by atoms with Gasteiger partial charge in [0.1, 0.15) is 10.0 Å². The lowest BCUT2D eigenvalue weighted by molar-refractivity contribution is -0.137. The Balaban J connectivity index is 1.66. The molecule has 0 radical (unpaired) electrons. The maximum atomic E-state index is 13.1. The van der Waals surface area contributed by atoms with Gasteiger partial charge < -0.3 is 14.9 Å². The van der Waals surface area contributed by atoms with Gasteiger partial charge in [0.15, 0.2) is 9.84 Å². The third kappa shape index (κ3) is 5.29. The van der Waals surface area contributed by atoms with Gasteiger partial charge in [-0.25, -0.2) is 18.2 Å². The van der Waals surface area contributed by atoms with Gasteiger partial charge in [0.25, 0.3) is 0 Å². The summed E-state index contributed by atoms with van der Waals surface area (Å²) in [6.45, 7) is 6.97. The lowest BCUT2D eigenvalue weighted by Crippen LogP contribution is -2.59. The van der Waals surface area contributed by atoms with Crippen molar-refractivity contribution in [2.75, 3.05) is 24.5 Å². The van der Waals surface area contributed by atoms with Crippen LogP contribution in [-0.4, -0.2) is 55.2 Å². The first-order valence-electron chi connectivity index (χ1n) is 11.2. The van der Waals surface area contributed by atoms with Crippen molar-refractivity contribution in [2.24, 2.45) is 5.41 Å². The maximum Gasteiger partial charge on any atom is 0.416 e. The number of halogens is 3. The molecule has 0 aliphatic carbocycles. The number of amides is 1. The molecule has 7 nitrogen and oxygen atoms in total. The number of thiophene rings is 1. The molecule has 194 valence electrons. The molecule has 0 saturated carbocycles. The van der Waals surface area contributed by atoms with Gasteiger partial charge in [-0.1, -0.05) is 39.0 Å². The molecule has 12 heteroatoms. The second-order valence-corrected chi connectivity index (χ2v) is 13.2. The van der Waals surface area contributed by atoms with Crippen LogP contribution in [0.4, 0.5) is 23.8 Å². The largest absolute Gasteiger partial charge is 0.465 e. The molecule has 0 bridgehead atoms. The van der Waals surface area contributed by atoms with Crippen LogP contribution in [0.3, 0.4) is 0 Å². The summed E-state index contributed by atoms with van der Waals surface area (Å²) in [4.78, 5) is 19.6. The molecule has 1 amide bonds. The van der Waals surface area contributed by atoms with Crippen molar-refractivity contribution in [3.63, 3.8) is 0 Å². The van der Waals surface area contributed by atoms with Crippen LogP contribution >= 0.6 is 11.3 Å². The number of fused-ring (bicyclic) bond motifs is 1. The Kier molecular flexibility index (Phi) is 6.71. The van der Waals surface area contributed by atoms with Crippen LogP contribution in [0.25, 0.3) is 10.1 Å². The molecular weight excluding hydrogens is 515 g/mol. The van der Waals surface area contributed by atoms with E-state index in [0.717, 1.165) is 23.5 Å². The molecule has 1 aliphatic heterocycles. The minimum Gasteiger partial charge on any atom is -0.465 e. The normalized spacial score (nSPS) is 17.6. The van der Waals surface area contributed by atoms with E-state index < -0.39 is 33.4 Å². The van der Waals surface area contributed by atoms with Crippen LogP contribution < -0.4 is 4.90 Å². The molecule has 2 aromatic heterocycles. The lowest BCUT2D eigenvalue weighted by Gasteiger charge is -2.46. The fraction of sp³-hybridized carbons (Fsp3) is 0.417. The van der Waals surface area contributed by atoms with Gasteiger partial charge in [-0.2, -0.15) is 13.2 Å². The zero-order chi connectivity index (χ0) is 26.5. The highest BCUT2D eigenvalue weighted by Gasteiger charge is 2.39. The summed E-state index contributed by atoms with van der Waals surface area (Å²) in [6.07, 6.45) is -3.97. The summed E-state index contributed by atoms with van der Waals surface area (Å²) < 4.78 is 66.2. The summed E-state index contributed by atoms with van der Waals surface area (Å²) in [6, 6.07) is 7.23. The number of hydrogen-bond acceptors (Lipinski definition) is 6. The number of piperazine rings is 1. The lowest BCUT2D eigenvalue weighted by atomic mass is 9.84. The topological polar surface area (TPSA) is 90.8 Å². The number of benzene rings is 1. The van der Waals surface area contributed by atoms with Crippen LogP contribution in [0, 0.1) is 5.41 Å². The van der Waals surface area contributed by atoms with Crippen molar-refractivity contribution in [3.05, 3.63) is 53.7 Å². The number of carboxylic acid groups (broad SMARTS) is 1. The van der Waals surface area contributed by atoms with Gasteiger partial charge in [-0.05, 0) is 29.2 Å². The third-order valence-electron chi connectivity index (χ3n) is 6.24. The molecule has 1 atom stereocenters. The Hall–Kier alpha value is -2.86. The number of aromatic nitrogens is 1. The van der Waals surface area contributed by atoms with Crippen molar-refractivity contribution in [1.29, 1.82) is 0 Å². The first-order valence-corrected chi connectivity index (χ1v) is 13.7. The summed E-state index contributed by atoms with van der Waals surface area (Å²) >= 11 is 1.04. The molecule has 3 aromatic rings. The van der Waals surface area contributed by atoms with Crippen LogP contribution in [0.1, 0.15) is 31.9 Å². The molecular formula is C24H26F3N3O4S2. The number of sulfone groups is 1. The number of hydrogen-bond donors (Lipinski definition) is 1. The number of nitrogens with zero attached hydrogens (tertiary/aromatic N) is 3. The molecule has 1 aromatic carbocycles. The Labute approximate surface area is 211 Å². The fourth-order valence-electron chi connectivity index (χ4n) is 4.40. The highest BCUT2D eigenvalue weighted by atomic mass is 32.2. The van der Waals surface area contributed by atoms with E-state index in [9.17, 15) is 31.5 Å². The standard InChI is InChI=1S/C24H26F3N3O4S2/c1-23(2,3)19-13-29(9-10-30(19)22(31)32)21-17-12-20(35-18(17)7-8-28-21)36(33,34)14-15-5-4-6-16(11-15)24(25,26)27/h4-8,11-12,19H,9-10,13-14H2,1-3H3,(H,31,32). The van der Waals surface area contributed by atoms with E-state index in [2.05, 4.69) is 4.98 Å². The fourth-order valence-corrected chi connectivity index (χ4v) is 7.20. The molecule has 4 rings (SSSR count). The van der Waals surface area contributed by atoms with Crippen molar-refractivity contribution >= 4 is 43.2 Å². The SMILES string of the molecule is CC(C)(C)C1CN(c2nccc3sc(S(=O)(=O)Cc4cccc(C(F)(F)F)c4)cc23)CCN1C(=O)O. The maximum absolute atomic E-state index is 13.1. The highest BCUT2D eigenvalue weighted by Crippen LogP contribution is 2.38. The number of pyridine rings is 1. The average molecular weight is 542 g/mol. The van der Waals surface area contributed by atoms with E-state index >= 15 is 0 Å². The monoisotopic (exact) mass is 541 g/mol. The molecule has 1 saturated heterocycles. The second kappa shape index (κ2) is 9.22. The van der Waals surface area contributed by atoms with Crippen LogP contribution in [-0.2, 0) is 21.8 Å². The summed E-state index contributed by atoms with van der Waals surface area (Å²) in [5, 5.41) is 10.3. The minimum absolute atomic E-state index is 0.0423. The quantitative estimate of drug-likeness (QED) is 0.469. The van der Waals surface area contributed by atoms with E-state index in [-0.39, 0.29) is 27.8 Å². The highest BCUT2D eigenvalue weighted by molar-refractivity contribution is 7.92. The zero-order valence-corrected chi connectivity index (χ0v) is 21.5. The first kappa shape index (κ1) is 26.2. The van der Waals surface area contributed by atoms with E-state index in [0.29, 0.717) is 29.0 Å². The van der Waals surface area contributed by atoms with Gasteiger partial charge in [0.2, 0.25) is 0 Å². The van der Waals surface area contributed by atoms with Gasteiger partial charge in [0, 0.05) is 35.9 Å².